The van der Waals surface area contributed by atoms with Crippen molar-refractivity contribution < 1.29 is 0 Å². The van der Waals surface area contributed by atoms with Crippen molar-refractivity contribution in [2.24, 2.45) is 0 Å². The van der Waals surface area contributed by atoms with Crippen LogP contribution in [0.4, 0.5) is 0 Å². The minimum absolute atomic E-state index is 0.612. The largest absolute Gasteiger partial charge is 0.269 e. The summed E-state index contributed by atoms with van der Waals surface area (Å²) in [6.45, 7) is 11.6. The summed E-state index contributed by atoms with van der Waals surface area (Å²) in [7, 11) is 0. The summed E-state index contributed by atoms with van der Waals surface area (Å²) in [6, 6.07) is 0.612. The molecule has 0 fully saturated rings. The minimum Gasteiger partial charge on any atom is -0.269 e. The van der Waals surface area contributed by atoms with Crippen LogP contribution < -0.4 is 0 Å². The van der Waals surface area contributed by atoms with Crippen LogP contribution in [0.2, 0.25) is 0 Å². The van der Waals surface area contributed by atoms with Crippen LogP contribution >= 0.6 is 0 Å². The van der Waals surface area contributed by atoms with E-state index in [1.54, 1.807) is 5.56 Å². The Hall–Kier alpha value is -0.790. The minimum atomic E-state index is 0.612. The van der Waals surface area contributed by atoms with Gasteiger partial charge in [-0.2, -0.15) is 5.10 Å². The lowest BCUT2D eigenvalue weighted by Gasteiger charge is -2.18. The highest BCUT2D eigenvalue weighted by Gasteiger charge is 2.21. The average Bonchev–Trinajstić information content (AvgIpc) is 3.10. The van der Waals surface area contributed by atoms with Crippen LogP contribution in [0.5, 0.6) is 0 Å². The maximum Gasteiger partial charge on any atom is 0.0687 e. The van der Waals surface area contributed by atoms with Gasteiger partial charge in [-0.3, -0.25) is 4.68 Å². The molecule has 0 aliphatic heterocycles. The monoisotopic (exact) mass is 376 g/mol. The van der Waals surface area contributed by atoms with E-state index in [0.717, 1.165) is 0 Å². The Balaban J connectivity index is 3.01. The Labute approximate surface area is 170 Å². The third-order valence-corrected chi connectivity index (χ3v) is 6.08. The van der Waals surface area contributed by atoms with Gasteiger partial charge in [-0.25, -0.2) is 0 Å². The Bertz CT molecular complexity index is 453. The van der Waals surface area contributed by atoms with Crippen LogP contribution in [0.25, 0.3) is 0 Å². The second kappa shape index (κ2) is 15.2. The van der Waals surface area contributed by atoms with Gasteiger partial charge in [-0.1, -0.05) is 92.4 Å². The van der Waals surface area contributed by atoms with Crippen molar-refractivity contribution in [2.45, 2.75) is 143 Å². The van der Waals surface area contributed by atoms with Gasteiger partial charge < -0.3 is 0 Å². The highest BCUT2D eigenvalue weighted by molar-refractivity contribution is 5.22. The standard InChI is InChI=1S/C25H48N2/c1-6-11-15-19-24(20-16-12-7-2)27-21-23(18-14-9-4)25(26-27)22(10-5)17-13-8-3/h21-22,24H,6-20H2,1-5H3. The summed E-state index contributed by atoms with van der Waals surface area (Å²) in [6.07, 6.45) is 22.0. The van der Waals surface area contributed by atoms with E-state index in [4.69, 9.17) is 5.10 Å². The molecule has 0 aliphatic rings. The maximum absolute atomic E-state index is 5.26. The Morgan fingerprint density at radius 2 is 1.33 bits per heavy atom. The molecule has 0 aliphatic carbocycles. The zero-order valence-corrected chi connectivity index (χ0v) is 19.2. The molecule has 27 heavy (non-hydrogen) atoms. The van der Waals surface area contributed by atoms with E-state index in [1.165, 1.54) is 102 Å². The lowest BCUT2D eigenvalue weighted by atomic mass is 9.92. The molecule has 1 aromatic heterocycles. The van der Waals surface area contributed by atoms with Gasteiger partial charge in [0.2, 0.25) is 0 Å². The highest BCUT2D eigenvalue weighted by Crippen LogP contribution is 2.31. The Morgan fingerprint density at radius 3 is 1.85 bits per heavy atom. The zero-order chi connectivity index (χ0) is 19.9. The lowest BCUT2D eigenvalue weighted by Crippen LogP contribution is -2.11. The van der Waals surface area contributed by atoms with Crippen molar-refractivity contribution in [1.82, 2.24) is 9.78 Å². The average molecular weight is 377 g/mol. The fourth-order valence-corrected chi connectivity index (χ4v) is 4.19. The van der Waals surface area contributed by atoms with E-state index in [-0.39, 0.29) is 0 Å². The predicted octanol–water partition coefficient (Wildman–Crippen LogP) is 8.61. The van der Waals surface area contributed by atoms with E-state index < -0.39 is 0 Å². The molecule has 1 atom stereocenters. The molecule has 2 heteroatoms. The van der Waals surface area contributed by atoms with Gasteiger partial charge in [0.05, 0.1) is 11.7 Å². The molecule has 0 bridgehead atoms. The van der Waals surface area contributed by atoms with Gasteiger partial charge in [-0.05, 0) is 44.1 Å². The molecule has 1 rings (SSSR count). The normalized spacial score (nSPS) is 12.8. The predicted molar refractivity (Wildman–Crippen MR) is 121 cm³/mol. The number of rotatable bonds is 17. The van der Waals surface area contributed by atoms with Crippen molar-refractivity contribution >= 4 is 0 Å². The zero-order valence-electron chi connectivity index (χ0n) is 19.2. The number of hydrogen-bond donors (Lipinski definition) is 0. The van der Waals surface area contributed by atoms with Crippen LogP contribution in [-0.2, 0) is 6.42 Å². The van der Waals surface area contributed by atoms with E-state index >= 15 is 0 Å². The molecule has 0 N–H and O–H groups in total. The third kappa shape index (κ3) is 8.83. The molecule has 1 unspecified atom stereocenters. The van der Waals surface area contributed by atoms with Crippen molar-refractivity contribution in [3.63, 3.8) is 0 Å². The van der Waals surface area contributed by atoms with E-state index in [1.807, 2.05) is 0 Å². The number of unbranched alkanes of at least 4 members (excludes halogenated alkanes) is 6. The molecular formula is C25H48N2. The molecular weight excluding hydrogens is 328 g/mol. The van der Waals surface area contributed by atoms with Gasteiger partial charge in [-0.15, -0.1) is 0 Å². The molecule has 0 saturated carbocycles. The summed E-state index contributed by atoms with van der Waals surface area (Å²) in [4.78, 5) is 0. The second-order valence-corrected chi connectivity index (χ2v) is 8.52. The van der Waals surface area contributed by atoms with E-state index in [2.05, 4.69) is 45.5 Å². The molecule has 0 aromatic carbocycles. The summed E-state index contributed by atoms with van der Waals surface area (Å²) >= 11 is 0. The van der Waals surface area contributed by atoms with Crippen molar-refractivity contribution in [3.05, 3.63) is 17.5 Å². The number of aryl methyl sites for hydroxylation is 1. The molecule has 1 aromatic rings. The Morgan fingerprint density at radius 1 is 0.741 bits per heavy atom. The first-order valence-electron chi connectivity index (χ1n) is 12.3. The number of hydrogen-bond acceptors (Lipinski definition) is 1. The molecule has 0 spiro atoms. The molecule has 158 valence electrons. The topological polar surface area (TPSA) is 17.8 Å². The first-order chi connectivity index (χ1) is 13.2. The van der Waals surface area contributed by atoms with Crippen LogP contribution in [0.3, 0.4) is 0 Å². The fourth-order valence-electron chi connectivity index (χ4n) is 4.19. The van der Waals surface area contributed by atoms with Crippen LogP contribution in [0.1, 0.15) is 148 Å². The molecule has 0 amide bonds. The van der Waals surface area contributed by atoms with Crippen LogP contribution in [0, 0.1) is 0 Å². The van der Waals surface area contributed by atoms with Crippen LogP contribution in [-0.4, -0.2) is 9.78 Å². The quantitative estimate of drug-likeness (QED) is 0.249. The summed E-state index contributed by atoms with van der Waals surface area (Å²) in [5.41, 5.74) is 2.99. The first-order valence-corrected chi connectivity index (χ1v) is 12.3. The molecule has 1 heterocycles. The lowest BCUT2D eigenvalue weighted by molar-refractivity contribution is 0.366. The fraction of sp³-hybridized carbons (Fsp3) is 0.880. The molecule has 2 nitrogen and oxygen atoms in total. The van der Waals surface area contributed by atoms with Gasteiger partial charge in [0.1, 0.15) is 0 Å². The molecule has 0 radical (unpaired) electrons. The molecule has 0 saturated heterocycles. The van der Waals surface area contributed by atoms with E-state index in [0.29, 0.717) is 12.0 Å². The van der Waals surface area contributed by atoms with Gasteiger partial charge in [0.25, 0.3) is 0 Å². The summed E-state index contributed by atoms with van der Waals surface area (Å²) in [5, 5.41) is 5.26. The van der Waals surface area contributed by atoms with Crippen LogP contribution in [0.15, 0.2) is 6.20 Å². The Kier molecular flexibility index (Phi) is 13.6. The number of aromatic nitrogens is 2. The summed E-state index contributed by atoms with van der Waals surface area (Å²) in [5.74, 6) is 0.657. The second-order valence-electron chi connectivity index (χ2n) is 8.52. The first kappa shape index (κ1) is 24.2. The smallest absolute Gasteiger partial charge is 0.0687 e. The highest BCUT2D eigenvalue weighted by atomic mass is 15.3. The van der Waals surface area contributed by atoms with Crippen molar-refractivity contribution in [2.75, 3.05) is 0 Å². The maximum atomic E-state index is 5.26. The van der Waals surface area contributed by atoms with Gasteiger partial charge in [0, 0.05) is 12.1 Å². The van der Waals surface area contributed by atoms with Crippen molar-refractivity contribution in [3.8, 4) is 0 Å². The number of nitrogens with zero attached hydrogens (tertiary/aromatic N) is 2. The van der Waals surface area contributed by atoms with Gasteiger partial charge in [0.15, 0.2) is 0 Å². The van der Waals surface area contributed by atoms with Crippen molar-refractivity contribution in [1.29, 1.82) is 0 Å². The third-order valence-electron chi connectivity index (χ3n) is 6.08. The SMILES string of the molecule is CCCCCC(CCCCC)n1cc(CCCC)c(C(CC)CCCC)n1. The van der Waals surface area contributed by atoms with Gasteiger partial charge >= 0.3 is 0 Å². The van der Waals surface area contributed by atoms with E-state index in [9.17, 15) is 0 Å². The summed E-state index contributed by atoms with van der Waals surface area (Å²) < 4.78 is 2.40.